The topological polar surface area (TPSA) is 59.0 Å². The van der Waals surface area contributed by atoms with Crippen LogP contribution in [0.5, 0.6) is 0 Å². The van der Waals surface area contributed by atoms with Gasteiger partial charge in [-0.05, 0) is 58.2 Å². The minimum absolute atomic E-state index is 0.125. The van der Waals surface area contributed by atoms with E-state index in [1.54, 1.807) is 13.8 Å². The number of hydrogen-bond acceptors (Lipinski definition) is 5. The third-order valence-corrected chi connectivity index (χ3v) is 6.93. The van der Waals surface area contributed by atoms with Gasteiger partial charge in [-0.15, -0.1) is 13.2 Å². The van der Waals surface area contributed by atoms with Gasteiger partial charge in [0.2, 0.25) is 0 Å². The van der Waals surface area contributed by atoms with Crippen molar-refractivity contribution >= 4 is 5.97 Å². The molecule has 3 aliphatic rings. The molecule has 2 fully saturated rings. The monoisotopic (exact) mass is 403 g/mol. The van der Waals surface area contributed by atoms with Crippen molar-refractivity contribution in [2.75, 3.05) is 13.7 Å². The lowest BCUT2D eigenvalue weighted by atomic mass is 9.62. The number of nitrogens with zero attached hydrogens (tertiary/aromatic N) is 1. The van der Waals surface area contributed by atoms with Crippen molar-refractivity contribution in [2.45, 2.75) is 70.5 Å². The van der Waals surface area contributed by atoms with Gasteiger partial charge in [0, 0.05) is 17.5 Å². The third kappa shape index (κ3) is 3.94. The number of piperidine rings is 1. The third-order valence-electron chi connectivity index (χ3n) is 6.93. The molecule has 0 aromatic heterocycles. The molecule has 0 spiro atoms. The molecule has 1 N–H and O–H groups in total. The van der Waals surface area contributed by atoms with Gasteiger partial charge in [-0.25, -0.2) is 0 Å². The number of alkyl halides is 3. The van der Waals surface area contributed by atoms with Crippen molar-refractivity contribution in [1.82, 2.24) is 4.90 Å². The summed E-state index contributed by atoms with van der Waals surface area (Å²) in [5, 5.41) is 10.0. The van der Waals surface area contributed by atoms with Crippen LogP contribution >= 0.6 is 0 Å². The average molecular weight is 403 g/mol. The van der Waals surface area contributed by atoms with Crippen LogP contribution in [0.4, 0.5) is 13.2 Å². The maximum absolute atomic E-state index is 13.0. The highest BCUT2D eigenvalue weighted by Crippen LogP contribution is 2.48. The van der Waals surface area contributed by atoms with Crippen molar-refractivity contribution in [2.24, 2.45) is 10.8 Å². The lowest BCUT2D eigenvalue weighted by molar-refractivity contribution is -0.303. The van der Waals surface area contributed by atoms with E-state index in [0.717, 1.165) is 25.7 Å². The minimum atomic E-state index is -4.77. The summed E-state index contributed by atoms with van der Waals surface area (Å²) in [6.45, 7) is 2.88. The van der Waals surface area contributed by atoms with E-state index in [2.05, 4.69) is 16.7 Å². The Kier molecular flexibility index (Phi) is 5.57. The van der Waals surface area contributed by atoms with Gasteiger partial charge in [0.05, 0.1) is 12.0 Å². The highest BCUT2D eigenvalue weighted by molar-refractivity contribution is 5.78. The van der Waals surface area contributed by atoms with E-state index in [1.807, 2.05) is 0 Å². The molecule has 4 atom stereocenters. The zero-order valence-electron chi connectivity index (χ0n) is 16.5. The lowest BCUT2D eigenvalue weighted by Gasteiger charge is -2.44. The predicted octanol–water partition coefficient (Wildman–Crippen LogP) is 3.54. The number of ether oxygens (including phenoxy) is 2. The van der Waals surface area contributed by atoms with Crippen LogP contribution in [0, 0.1) is 10.8 Å². The lowest BCUT2D eigenvalue weighted by Crippen LogP contribution is -2.50. The van der Waals surface area contributed by atoms with E-state index >= 15 is 0 Å². The fourth-order valence-electron chi connectivity index (χ4n) is 4.55. The van der Waals surface area contributed by atoms with Crippen molar-refractivity contribution < 1.29 is 32.5 Å². The number of aliphatic hydroxyl groups excluding tert-OH is 1. The fraction of sp³-hybridized carbons (Fsp3) is 0.750. The van der Waals surface area contributed by atoms with E-state index in [4.69, 9.17) is 4.74 Å². The number of aliphatic hydroxyl groups is 1. The first-order valence-corrected chi connectivity index (χ1v) is 9.66. The molecular weight excluding hydrogens is 375 g/mol. The number of fused-ring (bicyclic) bond motifs is 2. The zero-order chi connectivity index (χ0) is 20.7. The summed E-state index contributed by atoms with van der Waals surface area (Å²) in [6, 6.07) is 0.819. The SMILES string of the molecule is CN1C2CCC1CC(OC(=O)C(C)(CO)C1(C)C=CC(OC(F)(F)F)=CC1)C2. The number of rotatable bonds is 5. The smallest absolute Gasteiger partial charge is 0.462 e. The van der Waals surface area contributed by atoms with Crippen LogP contribution in [0.3, 0.4) is 0 Å². The maximum Gasteiger partial charge on any atom is 0.573 e. The molecule has 4 unspecified atom stereocenters. The molecule has 0 saturated carbocycles. The summed E-state index contributed by atoms with van der Waals surface area (Å²) in [7, 11) is 2.10. The molecule has 2 bridgehead atoms. The van der Waals surface area contributed by atoms with Crippen LogP contribution in [0.2, 0.25) is 0 Å². The van der Waals surface area contributed by atoms with Gasteiger partial charge in [-0.3, -0.25) is 4.79 Å². The van der Waals surface area contributed by atoms with Crippen LogP contribution in [0.1, 0.15) is 46.0 Å². The first kappa shape index (κ1) is 21.2. The van der Waals surface area contributed by atoms with Gasteiger partial charge in [0.15, 0.2) is 0 Å². The Morgan fingerprint density at radius 3 is 2.39 bits per heavy atom. The second-order valence-corrected chi connectivity index (χ2v) is 8.65. The van der Waals surface area contributed by atoms with Crippen molar-refractivity contribution in [3.63, 3.8) is 0 Å². The number of allylic oxidation sites excluding steroid dienone is 3. The highest BCUT2D eigenvalue weighted by atomic mass is 19.4. The fourth-order valence-corrected chi connectivity index (χ4v) is 4.55. The zero-order valence-corrected chi connectivity index (χ0v) is 16.5. The second kappa shape index (κ2) is 7.37. The molecule has 8 heteroatoms. The van der Waals surface area contributed by atoms with Gasteiger partial charge >= 0.3 is 12.3 Å². The summed E-state index contributed by atoms with van der Waals surface area (Å²) in [5.74, 6) is -0.824. The Labute approximate surface area is 163 Å². The van der Waals surface area contributed by atoms with Gasteiger partial charge in [0.25, 0.3) is 0 Å². The predicted molar refractivity (Wildman–Crippen MR) is 96.0 cm³/mol. The van der Waals surface area contributed by atoms with Crippen LogP contribution < -0.4 is 0 Å². The number of esters is 1. The summed E-state index contributed by atoms with van der Waals surface area (Å²) in [4.78, 5) is 15.4. The first-order valence-electron chi connectivity index (χ1n) is 9.66. The number of carbonyl (C=O) groups is 1. The summed E-state index contributed by atoms with van der Waals surface area (Å²) < 4.78 is 47.0. The summed E-state index contributed by atoms with van der Waals surface area (Å²) >= 11 is 0. The Morgan fingerprint density at radius 1 is 1.32 bits per heavy atom. The van der Waals surface area contributed by atoms with Crippen LogP contribution in [-0.2, 0) is 14.3 Å². The molecule has 2 saturated heterocycles. The van der Waals surface area contributed by atoms with Gasteiger partial charge in [0.1, 0.15) is 11.9 Å². The summed E-state index contributed by atoms with van der Waals surface area (Å²) in [5.41, 5.74) is -2.16. The van der Waals surface area contributed by atoms with E-state index in [1.165, 1.54) is 18.2 Å². The van der Waals surface area contributed by atoms with E-state index in [-0.39, 0.29) is 18.3 Å². The first-order chi connectivity index (χ1) is 13.0. The molecule has 0 radical (unpaired) electrons. The van der Waals surface area contributed by atoms with Crippen molar-refractivity contribution in [3.05, 3.63) is 24.0 Å². The Hall–Kier alpha value is -1.54. The van der Waals surface area contributed by atoms with Crippen molar-refractivity contribution in [1.29, 1.82) is 0 Å². The Morgan fingerprint density at radius 2 is 1.93 bits per heavy atom. The average Bonchev–Trinajstić information content (AvgIpc) is 2.82. The molecule has 28 heavy (non-hydrogen) atoms. The quantitative estimate of drug-likeness (QED) is 0.712. The normalized spacial score (nSPS) is 35.2. The number of hydrogen-bond donors (Lipinski definition) is 1. The molecule has 158 valence electrons. The second-order valence-electron chi connectivity index (χ2n) is 8.65. The van der Waals surface area contributed by atoms with E-state index in [9.17, 15) is 23.1 Å². The van der Waals surface area contributed by atoms with E-state index < -0.39 is 29.8 Å². The molecule has 0 amide bonds. The molecule has 5 nitrogen and oxygen atoms in total. The summed E-state index contributed by atoms with van der Waals surface area (Å²) in [6.07, 6.45) is 2.91. The van der Waals surface area contributed by atoms with Crippen LogP contribution in [0.15, 0.2) is 24.0 Å². The number of halogens is 3. The number of carbonyl (C=O) groups excluding carboxylic acids is 1. The maximum atomic E-state index is 13.0. The van der Waals surface area contributed by atoms with Crippen LogP contribution in [0.25, 0.3) is 0 Å². The highest BCUT2D eigenvalue weighted by Gasteiger charge is 2.51. The van der Waals surface area contributed by atoms with Gasteiger partial charge in [-0.1, -0.05) is 13.0 Å². The molecule has 3 rings (SSSR count). The minimum Gasteiger partial charge on any atom is -0.462 e. The molecular formula is C20H28F3NO4. The van der Waals surface area contributed by atoms with Gasteiger partial charge < -0.3 is 19.5 Å². The molecule has 2 heterocycles. The van der Waals surface area contributed by atoms with E-state index in [0.29, 0.717) is 12.1 Å². The Balaban J connectivity index is 1.69. The van der Waals surface area contributed by atoms with Gasteiger partial charge in [-0.2, -0.15) is 0 Å². The molecule has 0 aromatic carbocycles. The van der Waals surface area contributed by atoms with Crippen molar-refractivity contribution in [3.8, 4) is 0 Å². The molecule has 0 aromatic rings. The standard InChI is InChI=1S/C20H28F3NO4/c1-18(8-6-15(7-9-18)28-20(21,22)23)19(2,12-25)17(26)27-16-10-13-4-5-14(11-16)24(13)3/h6-8,13-14,16,25H,4-5,9-12H2,1-3H3. The molecule has 1 aliphatic carbocycles. The Bertz CT molecular complexity index is 663. The molecule has 2 aliphatic heterocycles. The van der Waals surface area contributed by atoms with Crippen LogP contribution in [-0.4, -0.2) is 54.2 Å². The largest absolute Gasteiger partial charge is 0.573 e.